The second-order valence-corrected chi connectivity index (χ2v) is 7.35. The van der Waals surface area contributed by atoms with Gasteiger partial charge in [-0.25, -0.2) is 0 Å². The van der Waals surface area contributed by atoms with Gasteiger partial charge in [-0.3, -0.25) is 9.59 Å². The van der Waals surface area contributed by atoms with Crippen LogP contribution in [-0.2, 0) is 16.0 Å². The van der Waals surface area contributed by atoms with Crippen molar-refractivity contribution >= 4 is 11.8 Å². The molecule has 0 bridgehead atoms. The molecule has 0 saturated carbocycles. The van der Waals surface area contributed by atoms with E-state index in [1.54, 1.807) is 7.11 Å². The Morgan fingerprint density at radius 2 is 1.68 bits per heavy atom. The van der Waals surface area contributed by atoms with E-state index in [-0.39, 0.29) is 24.3 Å². The van der Waals surface area contributed by atoms with Crippen molar-refractivity contribution < 1.29 is 14.3 Å². The fourth-order valence-electron chi connectivity index (χ4n) is 3.81. The monoisotopic (exact) mass is 380 g/mol. The normalized spacial score (nSPS) is 16.8. The second kappa shape index (κ2) is 9.51. The molecule has 1 aliphatic heterocycles. The van der Waals surface area contributed by atoms with E-state index < -0.39 is 0 Å². The number of nitrogens with two attached hydrogens (primary N) is 1. The Labute approximate surface area is 166 Å². The maximum atomic E-state index is 13.0. The van der Waals surface area contributed by atoms with E-state index in [2.05, 4.69) is 0 Å². The smallest absolute Gasteiger partial charge is 0.254 e. The summed E-state index contributed by atoms with van der Waals surface area (Å²) in [4.78, 5) is 26.0. The van der Waals surface area contributed by atoms with E-state index in [9.17, 15) is 9.59 Å². The zero-order valence-corrected chi connectivity index (χ0v) is 16.4. The highest BCUT2D eigenvalue weighted by Crippen LogP contribution is 2.24. The average molecular weight is 380 g/mol. The van der Waals surface area contributed by atoms with Gasteiger partial charge in [0.05, 0.1) is 6.42 Å². The van der Waals surface area contributed by atoms with Crippen LogP contribution in [0.25, 0.3) is 11.1 Å². The molecule has 28 heavy (non-hydrogen) atoms. The summed E-state index contributed by atoms with van der Waals surface area (Å²) in [5, 5.41) is 0. The molecule has 1 atom stereocenters. The van der Waals surface area contributed by atoms with E-state index in [1.807, 2.05) is 53.4 Å². The van der Waals surface area contributed by atoms with Gasteiger partial charge in [0.25, 0.3) is 5.91 Å². The van der Waals surface area contributed by atoms with Gasteiger partial charge in [0, 0.05) is 31.9 Å². The van der Waals surface area contributed by atoms with Crippen molar-refractivity contribution in [2.75, 3.05) is 20.3 Å². The summed E-state index contributed by atoms with van der Waals surface area (Å²) in [5.41, 5.74) is 8.94. The first kappa shape index (κ1) is 20.1. The molecule has 1 saturated heterocycles. The number of carbonyl (C=O) groups excluding carboxylic acids is 2. The number of hydrogen-bond acceptors (Lipinski definition) is 3. The van der Waals surface area contributed by atoms with Crippen LogP contribution in [-0.4, -0.2) is 43.0 Å². The van der Waals surface area contributed by atoms with Crippen LogP contribution >= 0.6 is 0 Å². The largest absolute Gasteiger partial charge is 0.385 e. The van der Waals surface area contributed by atoms with Gasteiger partial charge < -0.3 is 15.4 Å². The van der Waals surface area contributed by atoms with Gasteiger partial charge in [-0.05, 0) is 54.5 Å². The summed E-state index contributed by atoms with van der Waals surface area (Å²) < 4.78 is 5.21. The van der Waals surface area contributed by atoms with E-state index in [4.69, 9.17) is 10.5 Å². The fraction of sp³-hybridized carbons (Fsp3) is 0.391. The topological polar surface area (TPSA) is 72.6 Å². The van der Waals surface area contributed by atoms with Crippen LogP contribution in [0.15, 0.2) is 48.5 Å². The minimum Gasteiger partial charge on any atom is -0.385 e. The number of piperidine rings is 1. The van der Waals surface area contributed by atoms with Crippen LogP contribution in [0.1, 0.15) is 41.6 Å². The van der Waals surface area contributed by atoms with E-state index in [1.165, 1.54) is 6.42 Å². The van der Waals surface area contributed by atoms with Gasteiger partial charge in [0.15, 0.2) is 0 Å². The predicted octanol–water partition coefficient (Wildman–Crippen LogP) is 3.41. The molecule has 0 radical (unpaired) electrons. The number of rotatable bonds is 7. The second-order valence-electron chi connectivity index (χ2n) is 7.35. The summed E-state index contributed by atoms with van der Waals surface area (Å²) in [7, 11) is 1.70. The lowest BCUT2D eigenvalue weighted by atomic mass is 9.97. The maximum absolute atomic E-state index is 13.0. The number of primary amides is 1. The van der Waals surface area contributed by atoms with Crippen LogP contribution in [0.4, 0.5) is 0 Å². The number of likely N-dealkylation sites (tertiary alicyclic amines) is 1. The highest BCUT2D eigenvalue weighted by atomic mass is 16.5. The fourth-order valence-corrected chi connectivity index (χ4v) is 3.81. The predicted molar refractivity (Wildman–Crippen MR) is 110 cm³/mol. The van der Waals surface area contributed by atoms with Gasteiger partial charge in [0.1, 0.15) is 0 Å². The zero-order chi connectivity index (χ0) is 19.9. The standard InChI is InChI=1S/C23H28N2O3/c1-28-15-13-21-4-2-3-14-25(21)23(27)20-11-9-19(10-12-20)18-7-5-17(6-8-18)16-22(24)26/h5-12,21H,2-4,13-16H2,1H3,(H2,24,26). The Morgan fingerprint density at radius 3 is 2.29 bits per heavy atom. The third-order valence-electron chi connectivity index (χ3n) is 5.34. The Balaban J connectivity index is 1.70. The molecule has 148 valence electrons. The Bertz CT molecular complexity index is 800. The lowest BCUT2D eigenvalue weighted by Gasteiger charge is -2.36. The van der Waals surface area contributed by atoms with Gasteiger partial charge in [0.2, 0.25) is 5.91 Å². The first-order chi connectivity index (χ1) is 13.6. The van der Waals surface area contributed by atoms with E-state index >= 15 is 0 Å². The summed E-state index contributed by atoms with van der Waals surface area (Å²) in [5.74, 6) is -0.235. The van der Waals surface area contributed by atoms with Gasteiger partial charge in [-0.2, -0.15) is 0 Å². The number of methoxy groups -OCH3 is 1. The lowest BCUT2D eigenvalue weighted by Crippen LogP contribution is -2.44. The molecule has 2 N–H and O–H groups in total. The summed E-state index contributed by atoms with van der Waals surface area (Å²) in [6, 6.07) is 15.8. The molecule has 2 amide bonds. The van der Waals surface area contributed by atoms with Gasteiger partial charge in [-0.15, -0.1) is 0 Å². The minimum atomic E-state index is -0.336. The molecular weight excluding hydrogens is 352 g/mol. The van der Waals surface area contributed by atoms with Crippen molar-refractivity contribution in [2.45, 2.75) is 38.1 Å². The molecule has 5 nitrogen and oxygen atoms in total. The number of benzene rings is 2. The first-order valence-electron chi connectivity index (χ1n) is 9.86. The zero-order valence-electron chi connectivity index (χ0n) is 16.4. The van der Waals surface area contributed by atoms with Crippen LogP contribution in [0.5, 0.6) is 0 Å². The molecule has 1 heterocycles. The molecule has 5 heteroatoms. The van der Waals surface area contributed by atoms with Crippen molar-refractivity contribution in [3.63, 3.8) is 0 Å². The summed E-state index contributed by atoms with van der Waals surface area (Å²) >= 11 is 0. The number of ether oxygens (including phenoxy) is 1. The molecule has 0 spiro atoms. The van der Waals surface area contributed by atoms with Crippen molar-refractivity contribution in [1.82, 2.24) is 4.90 Å². The molecule has 1 unspecified atom stereocenters. The third kappa shape index (κ3) is 4.98. The molecule has 0 aromatic heterocycles. The molecule has 2 aromatic carbocycles. The van der Waals surface area contributed by atoms with Crippen molar-refractivity contribution in [2.24, 2.45) is 5.73 Å². The Kier molecular flexibility index (Phi) is 6.82. The minimum absolute atomic E-state index is 0.101. The average Bonchev–Trinajstić information content (AvgIpc) is 2.72. The molecule has 1 aliphatic rings. The Morgan fingerprint density at radius 1 is 1.04 bits per heavy atom. The number of nitrogens with zero attached hydrogens (tertiary/aromatic N) is 1. The molecule has 3 rings (SSSR count). The molecule has 0 aliphatic carbocycles. The van der Waals surface area contributed by atoms with Gasteiger partial charge in [-0.1, -0.05) is 36.4 Å². The van der Waals surface area contributed by atoms with Crippen LogP contribution in [0.2, 0.25) is 0 Å². The number of carbonyl (C=O) groups is 2. The van der Waals surface area contributed by atoms with Crippen LogP contribution in [0.3, 0.4) is 0 Å². The quantitative estimate of drug-likeness (QED) is 0.800. The highest BCUT2D eigenvalue weighted by molar-refractivity contribution is 5.95. The summed E-state index contributed by atoms with van der Waals surface area (Å²) in [6.07, 6.45) is 4.41. The third-order valence-corrected chi connectivity index (χ3v) is 5.34. The van der Waals surface area contributed by atoms with Gasteiger partial charge >= 0.3 is 0 Å². The first-order valence-corrected chi connectivity index (χ1v) is 9.86. The van der Waals surface area contributed by atoms with E-state index in [0.29, 0.717) is 6.61 Å². The molecule has 2 aromatic rings. The number of amides is 2. The lowest BCUT2D eigenvalue weighted by molar-refractivity contribution is -0.117. The van der Waals surface area contributed by atoms with Crippen LogP contribution in [0, 0.1) is 0 Å². The molecular formula is C23H28N2O3. The van der Waals surface area contributed by atoms with Crippen molar-refractivity contribution in [3.05, 3.63) is 59.7 Å². The van der Waals surface area contributed by atoms with E-state index in [0.717, 1.165) is 48.1 Å². The number of hydrogen-bond donors (Lipinski definition) is 1. The van der Waals surface area contributed by atoms with Crippen molar-refractivity contribution in [1.29, 1.82) is 0 Å². The maximum Gasteiger partial charge on any atom is 0.254 e. The highest BCUT2D eigenvalue weighted by Gasteiger charge is 2.27. The van der Waals surface area contributed by atoms with Crippen LogP contribution < -0.4 is 5.73 Å². The Hall–Kier alpha value is -2.66. The molecule has 1 fully saturated rings. The SMILES string of the molecule is COCCC1CCCCN1C(=O)c1ccc(-c2ccc(CC(N)=O)cc2)cc1. The summed E-state index contributed by atoms with van der Waals surface area (Å²) in [6.45, 7) is 1.50. The van der Waals surface area contributed by atoms with Crippen molar-refractivity contribution in [3.8, 4) is 11.1 Å².